The summed E-state index contributed by atoms with van der Waals surface area (Å²) in [6.45, 7) is 5.54. The Labute approximate surface area is 146 Å². The first-order valence-electron chi connectivity index (χ1n) is 8.15. The molecule has 24 heavy (non-hydrogen) atoms. The second kappa shape index (κ2) is 6.89. The quantitative estimate of drug-likeness (QED) is 0.765. The fourth-order valence-corrected chi connectivity index (χ4v) is 5.37. The predicted molar refractivity (Wildman–Crippen MR) is 94.9 cm³/mol. The zero-order chi connectivity index (χ0) is 17.3. The van der Waals surface area contributed by atoms with E-state index in [0.29, 0.717) is 11.6 Å². The highest BCUT2D eigenvalue weighted by Crippen LogP contribution is 2.20. The van der Waals surface area contributed by atoms with Gasteiger partial charge < -0.3 is 4.90 Å². The van der Waals surface area contributed by atoms with E-state index in [9.17, 15) is 8.42 Å². The maximum absolute atomic E-state index is 11.6. The molecule has 0 saturated carbocycles. The Kier molecular flexibility index (Phi) is 5.03. The molecule has 2 aromatic rings. The van der Waals surface area contributed by atoms with E-state index in [1.54, 1.807) is 11.3 Å². The summed E-state index contributed by atoms with van der Waals surface area (Å²) in [6.07, 6.45) is 1.47. The monoisotopic (exact) mass is 369 g/mol. The van der Waals surface area contributed by atoms with E-state index in [2.05, 4.69) is 20.0 Å². The summed E-state index contributed by atoms with van der Waals surface area (Å²) in [5.74, 6) is 2.17. The third-order valence-corrected chi connectivity index (χ3v) is 6.94. The molecule has 0 N–H and O–H groups in total. The third-order valence-electron chi connectivity index (χ3n) is 4.42. The van der Waals surface area contributed by atoms with Crippen molar-refractivity contribution in [1.29, 1.82) is 0 Å². The van der Waals surface area contributed by atoms with E-state index >= 15 is 0 Å². The van der Waals surface area contributed by atoms with E-state index in [4.69, 9.17) is 0 Å². The fraction of sp³-hybridized carbons (Fsp3) is 0.667. The summed E-state index contributed by atoms with van der Waals surface area (Å²) in [4.78, 5) is 11.2. The number of nitrogens with zero attached hydrogens (tertiary/aromatic N) is 5. The minimum atomic E-state index is -2.85. The van der Waals surface area contributed by atoms with Gasteiger partial charge in [0.05, 0.1) is 16.5 Å². The minimum absolute atomic E-state index is 0.119. The second-order valence-corrected chi connectivity index (χ2v) is 9.50. The molecule has 1 unspecified atom stereocenters. The summed E-state index contributed by atoms with van der Waals surface area (Å²) >= 11 is 1.59. The van der Waals surface area contributed by atoms with Crippen LogP contribution in [0.2, 0.25) is 0 Å². The Morgan fingerprint density at radius 1 is 1.42 bits per heavy atom. The van der Waals surface area contributed by atoms with Gasteiger partial charge in [-0.15, -0.1) is 16.4 Å². The maximum atomic E-state index is 11.6. The van der Waals surface area contributed by atoms with Crippen molar-refractivity contribution in [3.63, 3.8) is 0 Å². The molecular weight excluding hydrogens is 346 g/mol. The van der Waals surface area contributed by atoms with Crippen LogP contribution in [0.4, 0.5) is 0 Å². The van der Waals surface area contributed by atoms with Gasteiger partial charge in [-0.3, -0.25) is 0 Å². The van der Waals surface area contributed by atoms with E-state index in [1.165, 1.54) is 0 Å². The second-order valence-electron chi connectivity index (χ2n) is 6.21. The molecule has 0 spiro atoms. The number of rotatable bonds is 6. The number of hydrogen-bond donors (Lipinski definition) is 0. The normalized spacial score (nSPS) is 20.1. The van der Waals surface area contributed by atoms with Crippen molar-refractivity contribution in [2.24, 2.45) is 0 Å². The minimum Gasteiger partial charge on any atom is -0.302 e. The van der Waals surface area contributed by atoms with Gasteiger partial charge in [0.1, 0.15) is 11.5 Å². The first-order valence-corrected chi connectivity index (χ1v) is 10.8. The van der Waals surface area contributed by atoms with Crippen LogP contribution in [0, 0.1) is 6.92 Å². The number of aromatic nitrogens is 4. The predicted octanol–water partition coefficient (Wildman–Crippen LogP) is 1.39. The third kappa shape index (κ3) is 3.84. The van der Waals surface area contributed by atoms with Crippen LogP contribution in [0.1, 0.15) is 24.2 Å². The van der Waals surface area contributed by atoms with Crippen LogP contribution in [-0.2, 0) is 22.8 Å². The maximum Gasteiger partial charge on any atom is 0.200 e. The summed E-state index contributed by atoms with van der Waals surface area (Å²) in [5, 5.41) is 7.52. The molecule has 0 bridgehead atoms. The standard InChI is InChI=1S/C15H23N5O2S2/c1-4-20-14(17-15(18-20)13-9-23-11(2)16-13)5-7-19(3)12-6-8-24(21,22)10-12/h9,12H,4-8,10H2,1-3H3. The average molecular weight is 370 g/mol. The molecule has 0 radical (unpaired) electrons. The molecule has 0 aromatic carbocycles. The summed E-state index contributed by atoms with van der Waals surface area (Å²) in [6, 6.07) is 0.119. The lowest BCUT2D eigenvalue weighted by molar-refractivity contribution is 0.262. The van der Waals surface area contributed by atoms with Gasteiger partial charge in [-0.1, -0.05) is 0 Å². The molecular formula is C15H23N5O2S2. The van der Waals surface area contributed by atoms with E-state index < -0.39 is 9.84 Å². The largest absolute Gasteiger partial charge is 0.302 e. The van der Waals surface area contributed by atoms with Gasteiger partial charge in [-0.2, -0.15) is 0 Å². The van der Waals surface area contributed by atoms with Crippen LogP contribution in [0.25, 0.3) is 11.5 Å². The molecule has 3 heterocycles. The highest BCUT2D eigenvalue weighted by Gasteiger charge is 2.30. The van der Waals surface area contributed by atoms with Crippen molar-refractivity contribution in [3.05, 3.63) is 16.2 Å². The zero-order valence-corrected chi connectivity index (χ0v) is 15.9. The van der Waals surface area contributed by atoms with Crippen molar-refractivity contribution in [2.75, 3.05) is 25.1 Å². The molecule has 1 saturated heterocycles. The lowest BCUT2D eigenvalue weighted by atomic mass is 10.2. The lowest BCUT2D eigenvalue weighted by Crippen LogP contribution is -2.34. The lowest BCUT2D eigenvalue weighted by Gasteiger charge is -2.22. The van der Waals surface area contributed by atoms with Gasteiger partial charge in [-0.05, 0) is 27.3 Å². The molecule has 0 amide bonds. The van der Waals surface area contributed by atoms with E-state index in [0.717, 1.165) is 42.5 Å². The Morgan fingerprint density at radius 2 is 2.21 bits per heavy atom. The average Bonchev–Trinajstić information content (AvgIpc) is 3.22. The molecule has 1 atom stereocenters. The Balaban J connectivity index is 1.67. The van der Waals surface area contributed by atoms with Crippen LogP contribution in [-0.4, -0.2) is 64.2 Å². The molecule has 7 nitrogen and oxygen atoms in total. The highest BCUT2D eigenvalue weighted by atomic mass is 32.2. The van der Waals surface area contributed by atoms with Gasteiger partial charge in [0.2, 0.25) is 5.82 Å². The van der Waals surface area contributed by atoms with Gasteiger partial charge in [0.25, 0.3) is 0 Å². The molecule has 9 heteroatoms. The fourth-order valence-electron chi connectivity index (χ4n) is 2.97. The molecule has 132 valence electrons. The van der Waals surface area contributed by atoms with Gasteiger partial charge in [0.15, 0.2) is 9.84 Å². The molecule has 3 rings (SSSR count). The summed E-state index contributed by atoms with van der Waals surface area (Å²) in [5.41, 5.74) is 0.821. The molecule has 1 aliphatic rings. The van der Waals surface area contributed by atoms with E-state index in [1.807, 2.05) is 31.0 Å². The van der Waals surface area contributed by atoms with Crippen molar-refractivity contribution in [3.8, 4) is 11.5 Å². The Bertz CT molecular complexity index is 812. The van der Waals surface area contributed by atoms with Crippen LogP contribution in [0.3, 0.4) is 0 Å². The summed E-state index contributed by atoms with van der Waals surface area (Å²) in [7, 11) is -0.859. The Hall–Kier alpha value is -1.32. The van der Waals surface area contributed by atoms with E-state index in [-0.39, 0.29) is 11.8 Å². The number of sulfone groups is 1. The summed E-state index contributed by atoms with van der Waals surface area (Å²) < 4.78 is 25.2. The molecule has 1 aliphatic heterocycles. The zero-order valence-electron chi connectivity index (χ0n) is 14.3. The first kappa shape index (κ1) is 17.5. The Morgan fingerprint density at radius 3 is 2.79 bits per heavy atom. The van der Waals surface area contributed by atoms with Crippen molar-refractivity contribution < 1.29 is 8.42 Å². The highest BCUT2D eigenvalue weighted by molar-refractivity contribution is 7.91. The topological polar surface area (TPSA) is 81.0 Å². The van der Waals surface area contributed by atoms with Crippen molar-refractivity contribution in [2.45, 2.75) is 39.3 Å². The number of hydrogen-bond acceptors (Lipinski definition) is 7. The van der Waals surface area contributed by atoms with Crippen LogP contribution >= 0.6 is 11.3 Å². The van der Waals surface area contributed by atoms with Gasteiger partial charge >= 0.3 is 0 Å². The van der Waals surface area contributed by atoms with Crippen molar-refractivity contribution >= 4 is 21.2 Å². The number of likely N-dealkylation sites (N-methyl/N-ethyl adjacent to an activating group) is 1. The van der Waals surface area contributed by atoms with Crippen LogP contribution in [0.15, 0.2) is 5.38 Å². The molecule has 2 aromatic heterocycles. The van der Waals surface area contributed by atoms with Gasteiger partial charge in [0, 0.05) is 30.9 Å². The van der Waals surface area contributed by atoms with Crippen molar-refractivity contribution in [1.82, 2.24) is 24.6 Å². The van der Waals surface area contributed by atoms with Crippen LogP contribution in [0.5, 0.6) is 0 Å². The smallest absolute Gasteiger partial charge is 0.200 e. The first-order chi connectivity index (χ1) is 11.4. The SMILES string of the molecule is CCn1nc(-c2csc(C)n2)nc1CCN(C)C1CCS(=O)(=O)C1. The molecule has 1 fully saturated rings. The number of aryl methyl sites for hydroxylation is 2. The van der Waals surface area contributed by atoms with Gasteiger partial charge in [-0.25, -0.2) is 23.1 Å². The molecule has 0 aliphatic carbocycles. The number of thiazole rings is 1. The van der Waals surface area contributed by atoms with Crippen LogP contribution < -0.4 is 0 Å².